The van der Waals surface area contributed by atoms with Crippen LogP contribution in [0.5, 0.6) is 0 Å². The van der Waals surface area contributed by atoms with Gasteiger partial charge in [-0.2, -0.15) is 0 Å². The SMILES string of the molecule is CCCCCNC(=O)C(C)S(=O)CC(C)C(=O)OC. The van der Waals surface area contributed by atoms with Gasteiger partial charge < -0.3 is 10.1 Å². The van der Waals surface area contributed by atoms with E-state index < -0.39 is 27.9 Å². The van der Waals surface area contributed by atoms with Gasteiger partial charge in [0, 0.05) is 23.1 Å². The van der Waals surface area contributed by atoms with Crippen LogP contribution in [0.2, 0.25) is 0 Å². The number of carbonyl (C=O) groups is 2. The smallest absolute Gasteiger partial charge is 0.309 e. The summed E-state index contributed by atoms with van der Waals surface area (Å²) in [6, 6.07) is 0. The second-order valence-electron chi connectivity index (χ2n) is 4.61. The Morgan fingerprint density at radius 3 is 2.42 bits per heavy atom. The van der Waals surface area contributed by atoms with Crippen molar-refractivity contribution >= 4 is 22.7 Å². The average Bonchev–Trinajstić information content (AvgIpc) is 2.41. The molecular formula is C13H25NO4S. The van der Waals surface area contributed by atoms with Crippen LogP contribution in [0.25, 0.3) is 0 Å². The molecule has 1 N–H and O–H groups in total. The number of hydrogen-bond acceptors (Lipinski definition) is 4. The maximum atomic E-state index is 11.9. The number of nitrogens with one attached hydrogen (secondary N) is 1. The third-order valence-electron chi connectivity index (χ3n) is 2.86. The van der Waals surface area contributed by atoms with Crippen LogP contribution in [-0.4, -0.2) is 40.7 Å². The van der Waals surface area contributed by atoms with Gasteiger partial charge in [-0.15, -0.1) is 0 Å². The summed E-state index contributed by atoms with van der Waals surface area (Å²) in [4.78, 5) is 23.0. The normalized spacial score (nSPS) is 15.4. The number of esters is 1. The first-order valence-electron chi connectivity index (χ1n) is 6.66. The highest BCUT2D eigenvalue weighted by Crippen LogP contribution is 2.06. The molecule has 19 heavy (non-hydrogen) atoms. The van der Waals surface area contributed by atoms with Crippen molar-refractivity contribution in [2.24, 2.45) is 5.92 Å². The molecule has 0 aromatic rings. The second-order valence-corrected chi connectivity index (χ2v) is 6.41. The van der Waals surface area contributed by atoms with Crippen LogP contribution in [-0.2, 0) is 25.1 Å². The predicted octanol–water partition coefficient (Wildman–Crippen LogP) is 1.24. The van der Waals surface area contributed by atoms with Crippen molar-refractivity contribution in [2.75, 3.05) is 19.4 Å². The number of amides is 1. The van der Waals surface area contributed by atoms with Crippen molar-refractivity contribution in [1.82, 2.24) is 5.32 Å². The Morgan fingerprint density at radius 1 is 1.26 bits per heavy atom. The van der Waals surface area contributed by atoms with Gasteiger partial charge >= 0.3 is 5.97 Å². The van der Waals surface area contributed by atoms with Crippen molar-refractivity contribution in [3.8, 4) is 0 Å². The van der Waals surface area contributed by atoms with Gasteiger partial charge in [-0.25, -0.2) is 0 Å². The molecule has 0 heterocycles. The van der Waals surface area contributed by atoms with E-state index in [1.807, 2.05) is 0 Å². The van der Waals surface area contributed by atoms with Gasteiger partial charge in [0.15, 0.2) is 0 Å². The molecule has 0 aliphatic heterocycles. The fourth-order valence-corrected chi connectivity index (χ4v) is 2.75. The first kappa shape index (κ1) is 18.1. The molecule has 0 aromatic carbocycles. The highest BCUT2D eigenvalue weighted by Gasteiger charge is 2.24. The number of ether oxygens (including phenoxy) is 1. The quantitative estimate of drug-likeness (QED) is 0.512. The molecule has 1 amide bonds. The molecule has 0 saturated heterocycles. The number of carbonyl (C=O) groups excluding carboxylic acids is 2. The molecule has 0 saturated carbocycles. The number of methoxy groups -OCH3 is 1. The molecule has 6 heteroatoms. The zero-order chi connectivity index (χ0) is 14.8. The minimum atomic E-state index is -1.37. The van der Waals surface area contributed by atoms with Gasteiger partial charge in [0.2, 0.25) is 5.91 Å². The van der Waals surface area contributed by atoms with E-state index in [1.54, 1.807) is 13.8 Å². The van der Waals surface area contributed by atoms with E-state index in [2.05, 4.69) is 17.0 Å². The van der Waals surface area contributed by atoms with Gasteiger partial charge in [0.05, 0.1) is 13.0 Å². The van der Waals surface area contributed by atoms with Crippen molar-refractivity contribution in [1.29, 1.82) is 0 Å². The summed E-state index contributed by atoms with van der Waals surface area (Å²) in [5.41, 5.74) is 0. The average molecular weight is 291 g/mol. The maximum absolute atomic E-state index is 11.9. The summed E-state index contributed by atoms with van der Waals surface area (Å²) in [5.74, 6) is -0.924. The molecule has 0 aliphatic carbocycles. The van der Waals surface area contributed by atoms with Gasteiger partial charge in [0.1, 0.15) is 5.25 Å². The molecule has 0 aromatic heterocycles. The largest absolute Gasteiger partial charge is 0.469 e. The van der Waals surface area contributed by atoms with Gasteiger partial charge in [-0.05, 0) is 13.3 Å². The third-order valence-corrected chi connectivity index (χ3v) is 4.69. The topological polar surface area (TPSA) is 72.5 Å². The highest BCUT2D eigenvalue weighted by molar-refractivity contribution is 7.86. The molecule has 0 radical (unpaired) electrons. The molecule has 5 nitrogen and oxygen atoms in total. The van der Waals surface area contributed by atoms with Crippen molar-refractivity contribution in [3.63, 3.8) is 0 Å². The number of rotatable bonds is 9. The van der Waals surface area contributed by atoms with E-state index in [9.17, 15) is 13.8 Å². The van der Waals surface area contributed by atoms with Crippen LogP contribution in [0.15, 0.2) is 0 Å². The zero-order valence-electron chi connectivity index (χ0n) is 12.2. The summed E-state index contributed by atoms with van der Waals surface area (Å²) in [6.07, 6.45) is 3.09. The Bertz CT molecular complexity index is 320. The number of unbranched alkanes of at least 4 members (excludes halogenated alkanes) is 2. The van der Waals surface area contributed by atoms with E-state index in [0.29, 0.717) is 6.54 Å². The van der Waals surface area contributed by atoms with Crippen LogP contribution >= 0.6 is 0 Å². The molecule has 0 aliphatic rings. The molecule has 112 valence electrons. The standard InChI is InChI=1S/C13H25NO4S/c1-5-6-7-8-14-12(15)11(3)19(17)9-10(2)13(16)18-4/h10-11H,5-9H2,1-4H3,(H,14,15). The molecule has 3 atom stereocenters. The van der Waals surface area contributed by atoms with Gasteiger partial charge in [-0.1, -0.05) is 26.7 Å². The van der Waals surface area contributed by atoms with Crippen LogP contribution in [0.4, 0.5) is 0 Å². The van der Waals surface area contributed by atoms with Gasteiger partial charge in [-0.3, -0.25) is 13.8 Å². The van der Waals surface area contributed by atoms with Crippen molar-refractivity contribution < 1.29 is 18.5 Å². The van der Waals surface area contributed by atoms with E-state index in [-0.39, 0.29) is 11.7 Å². The molecule has 0 fully saturated rings. The molecule has 3 unspecified atom stereocenters. The summed E-state index contributed by atoms with van der Waals surface area (Å²) < 4.78 is 16.5. The molecule has 0 bridgehead atoms. The second kappa shape index (κ2) is 9.95. The van der Waals surface area contributed by atoms with E-state index in [1.165, 1.54) is 7.11 Å². The van der Waals surface area contributed by atoms with Gasteiger partial charge in [0.25, 0.3) is 0 Å². The Morgan fingerprint density at radius 2 is 1.89 bits per heavy atom. The van der Waals surface area contributed by atoms with Crippen LogP contribution in [0.3, 0.4) is 0 Å². The predicted molar refractivity (Wildman–Crippen MR) is 76.2 cm³/mol. The zero-order valence-corrected chi connectivity index (χ0v) is 13.0. The first-order valence-corrected chi connectivity index (χ1v) is 8.04. The molecular weight excluding hydrogens is 266 g/mol. The fourth-order valence-electron chi connectivity index (χ4n) is 1.51. The lowest BCUT2D eigenvalue weighted by molar-refractivity contribution is -0.144. The van der Waals surface area contributed by atoms with Crippen LogP contribution < -0.4 is 5.32 Å². The van der Waals surface area contributed by atoms with E-state index in [4.69, 9.17) is 0 Å². The van der Waals surface area contributed by atoms with Crippen LogP contribution in [0.1, 0.15) is 40.0 Å². The lowest BCUT2D eigenvalue weighted by Gasteiger charge is -2.14. The van der Waals surface area contributed by atoms with E-state index in [0.717, 1.165) is 19.3 Å². The Kier molecular flexibility index (Phi) is 9.47. The Balaban J connectivity index is 4.10. The minimum absolute atomic E-state index is 0.149. The Hall–Kier alpha value is -0.910. The fraction of sp³-hybridized carbons (Fsp3) is 0.846. The summed E-state index contributed by atoms with van der Waals surface area (Å²) in [7, 11) is -0.0700. The monoisotopic (exact) mass is 291 g/mol. The minimum Gasteiger partial charge on any atom is -0.469 e. The lowest BCUT2D eigenvalue weighted by Crippen LogP contribution is -2.38. The first-order chi connectivity index (χ1) is 8.93. The summed E-state index contributed by atoms with van der Waals surface area (Å²) in [6.45, 7) is 5.97. The summed E-state index contributed by atoms with van der Waals surface area (Å²) in [5, 5.41) is 2.16. The lowest BCUT2D eigenvalue weighted by atomic mass is 10.2. The Labute approximate surface area is 117 Å². The highest BCUT2D eigenvalue weighted by atomic mass is 32.2. The van der Waals surface area contributed by atoms with Crippen LogP contribution in [0, 0.1) is 5.92 Å². The third kappa shape index (κ3) is 7.30. The maximum Gasteiger partial charge on any atom is 0.309 e. The van der Waals surface area contributed by atoms with Crippen molar-refractivity contribution in [2.45, 2.75) is 45.3 Å². The molecule has 0 spiro atoms. The number of hydrogen-bond donors (Lipinski definition) is 1. The van der Waals surface area contributed by atoms with Crippen molar-refractivity contribution in [3.05, 3.63) is 0 Å². The van der Waals surface area contributed by atoms with E-state index >= 15 is 0 Å². The summed E-state index contributed by atoms with van der Waals surface area (Å²) >= 11 is 0. The molecule has 0 rings (SSSR count).